The van der Waals surface area contributed by atoms with E-state index in [1.54, 1.807) is 0 Å². The van der Waals surface area contributed by atoms with Gasteiger partial charge in [-0.3, -0.25) is 0 Å². The van der Waals surface area contributed by atoms with Crippen molar-refractivity contribution in [1.82, 2.24) is 0 Å². The standard InChI is InChI=1S/C27H44O3/c1-18(8-6-14-26(3,4)30)23-12-13-24-20(9-7-15-27(23,24)5)10-11-21-16-22(28)17-25(29)19(21)2/h10-11,18,22-25,28-30H,2,6-9,12-17H2,1,3-5H3/b20-10+,21-11-/t18-,22+,23-,24+,25+,27-/m0/s1/i5D3. The van der Waals surface area contributed by atoms with Crippen LogP contribution in [0.3, 0.4) is 0 Å². The molecule has 0 bridgehead atoms. The van der Waals surface area contributed by atoms with Gasteiger partial charge in [-0.1, -0.05) is 50.9 Å². The summed E-state index contributed by atoms with van der Waals surface area (Å²) in [5.41, 5.74) is 1.37. The third-order valence-corrected chi connectivity index (χ3v) is 7.95. The molecule has 0 aromatic carbocycles. The number of hydrogen-bond donors (Lipinski definition) is 3. The first-order valence-corrected chi connectivity index (χ1v) is 11.9. The van der Waals surface area contributed by atoms with Gasteiger partial charge < -0.3 is 15.3 Å². The number of hydrogen-bond acceptors (Lipinski definition) is 3. The van der Waals surface area contributed by atoms with Gasteiger partial charge >= 0.3 is 0 Å². The zero-order valence-corrected chi connectivity index (χ0v) is 19.2. The van der Waals surface area contributed by atoms with Crippen molar-refractivity contribution in [3.8, 4) is 0 Å². The normalized spacial score (nSPS) is 40.7. The van der Waals surface area contributed by atoms with Crippen LogP contribution >= 0.6 is 0 Å². The molecule has 0 unspecified atom stereocenters. The molecule has 3 aliphatic rings. The molecule has 3 aliphatic carbocycles. The minimum absolute atomic E-state index is 0.0454. The minimum Gasteiger partial charge on any atom is -0.393 e. The van der Waals surface area contributed by atoms with Gasteiger partial charge in [-0.05, 0) is 93.1 Å². The lowest BCUT2D eigenvalue weighted by Crippen LogP contribution is -2.36. The fourth-order valence-electron chi connectivity index (χ4n) is 6.27. The van der Waals surface area contributed by atoms with E-state index in [-0.39, 0.29) is 11.8 Å². The zero-order valence-electron chi connectivity index (χ0n) is 22.2. The highest BCUT2D eigenvalue weighted by molar-refractivity contribution is 5.38. The van der Waals surface area contributed by atoms with Crippen molar-refractivity contribution >= 4 is 0 Å². The summed E-state index contributed by atoms with van der Waals surface area (Å²) in [4.78, 5) is 0. The summed E-state index contributed by atoms with van der Waals surface area (Å²) in [7, 11) is 0. The van der Waals surface area contributed by atoms with Crippen molar-refractivity contribution in [3.05, 3.63) is 35.5 Å². The van der Waals surface area contributed by atoms with Gasteiger partial charge in [-0.25, -0.2) is 0 Å². The van der Waals surface area contributed by atoms with E-state index in [0.29, 0.717) is 24.3 Å². The Labute approximate surface area is 188 Å². The molecule has 0 aromatic rings. The topological polar surface area (TPSA) is 60.7 Å². The predicted molar refractivity (Wildman–Crippen MR) is 124 cm³/mol. The Kier molecular flexibility index (Phi) is 6.13. The molecule has 3 saturated carbocycles. The van der Waals surface area contributed by atoms with Crippen LogP contribution < -0.4 is 0 Å². The maximum absolute atomic E-state index is 10.2. The summed E-state index contributed by atoms with van der Waals surface area (Å²) < 4.78 is 25.9. The average Bonchev–Trinajstić information content (AvgIpc) is 3.10. The molecule has 0 spiro atoms. The fraction of sp³-hybridized carbons (Fsp3) is 0.778. The Hall–Kier alpha value is -0.900. The first-order valence-electron chi connectivity index (χ1n) is 13.4. The van der Waals surface area contributed by atoms with Gasteiger partial charge in [0.2, 0.25) is 0 Å². The van der Waals surface area contributed by atoms with Crippen LogP contribution in [0.25, 0.3) is 0 Å². The number of allylic oxidation sites excluding steroid dienone is 3. The van der Waals surface area contributed by atoms with Crippen molar-refractivity contribution in [2.24, 2.45) is 23.2 Å². The van der Waals surface area contributed by atoms with Gasteiger partial charge in [0.25, 0.3) is 0 Å². The van der Waals surface area contributed by atoms with Gasteiger partial charge in [-0.15, -0.1) is 0 Å². The average molecular weight is 420 g/mol. The summed E-state index contributed by atoms with van der Waals surface area (Å²) in [5.74, 6) is 0.504. The van der Waals surface area contributed by atoms with E-state index in [2.05, 4.69) is 19.6 Å². The smallest absolute Gasteiger partial charge is 0.0811 e. The predicted octanol–water partition coefficient (Wildman–Crippen LogP) is 5.70. The molecule has 0 amide bonds. The van der Waals surface area contributed by atoms with E-state index in [4.69, 9.17) is 4.11 Å². The molecule has 3 fully saturated rings. The van der Waals surface area contributed by atoms with Gasteiger partial charge in [0, 0.05) is 10.5 Å². The largest absolute Gasteiger partial charge is 0.393 e. The van der Waals surface area contributed by atoms with E-state index in [1.807, 2.05) is 19.9 Å². The highest BCUT2D eigenvalue weighted by atomic mass is 16.3. The first-order chi connectivity index (χ1) is 15.3. The van der Waals surface area contributed by atoms with Crippen molar-refractivity contribution in [2.75, 3.05) is 0 Å². The molecule has 0 radical (unpaired) electrons. The molecule has 3 rings (SSSR count). The van der Waals surface area contributed by atoms with Crippen molar-refractivity contribution in [3.63, 3.8) is 0 Å². The third-order valence-electron chi connectivity index (χ3n) is 7.95. The molecule has 30 heavy (non-hydrogen) atoms. The highest BCUT2D eigenvalue weighted by Gasteiger charge is 2.50. The quantitative estimate of drug-likeness (QED) is 0.517. The van der Waals surface area contributed by atoms with Crippen LogP contribution in [-0.2, 0) is 0 Å². The first kappa shape index (κ1) is 19.8. The van der Waals surface area contributed by atoms with Crippen LogP contribution in [-0.4, -0.2) is 33.1 Å². The van der Waals surface area contributed by atoms with Gasteiger partial charge in [0.05, 0.1) is 17.8 Å². The van der Waals surface area contributed by atoms with Crippen molar-refractivity contribution in [2.45, 2.75) is 110 Å². The Morgan fingerprint density at radius 1 is 1.30 bits per heavy atom. The minimum atomic E-state index is -2.02. The van der Waals surface area contributed by atoms with Crippen LogP contribution in [0.1, 0.15) is 95.9 Å². The van der Waals surface area contributed by atoms with E-state index in [0.717, 1.165) is 56.9 Å². The molecular weight excluding hydrogens is 372 g/mol. The van der Waals surface area contributed by atoms with Crippen LogP contribution in [0, 0.1) is 23.2 Å². The monoisotopic (exact) mass is 419 g/mol. The molecular formula is C27H44O3. The zero-order chi connectivity index (χ0) is 24.6. The van der Waals surface area contributed by atoms with Crippen LogP contribution in [0.15, 0.2) is 35.5 Å². The fourth-order valence-corrected chi connectivity index (χ4v) is 6.27. The second-order valence-corrected chi connectivity index (χ2v) is 10.9. The van der Waals surface area contributed by atoms with Crippen molar-refractivity contribution in [1.29, 1.82) is 0 Å². The molecule has 0 aliphatic heterocycles. The second kappa shape index (κ2) is 9.30. The van der Waals surface area contributed by atoms with Crippen LogP contribution in [0.4, 0.5) is 0 Å². The lowest BCUT2D eigenvalue weighted by atomic mass is 9.60. The molecule has 170 valence electrons. The van der Waals surface area contributed by atoms with E-state index < -0.39 is 30.1 Å². The molecule has 3 nitrogen and oxygen atoms in total. The summed E-state index contributed by atoms with van der Waals surface area (Å²) >= 11 is 0. The number of rotatable bonds is 6. The summed E-state index contributed by atoms with van der Waals surface area (Å²) in [5, 5.41) is 30.3. The molecule has 3 N–H and O–H groups in total. The number of fused-ring (bicyclic) bond motifs is 1. The molecule has 3 heteroatoms. The maximum atomic E-state index is 10.2. The van der Waals surface area contributed by atoms with Crippen LogP contribution in [0.2, 0.25) is 0 Å². The van der Waals surface area contributed by atoms with Crippen molar-refractivity contribution < 1.29 is 19.4 Å². The summed E-state index contributed by atoms with van der Waals surface area (Å²) in [6, 6.07) is 0. The SMILES string of the molecule is [2H]C([2H])([2H])[C@@]12CCC/C(=C\C=C3\C[C@@H](O)C[C@@H](O)C3=C)[C@H]1CC[C@H]2[C@@H](C)CCCC(C)(C)O. The third kappa shape index (κ3) is 5.29. The van der Waals surface area contributed by atoms with E-state index >= 15 is 0 Å². The maximum Gasteiger partial charge on any atom is 0.0811 e. The van der Waals surface area contributed by atoms with Gasteiger partial charge in [-0.2, -0.15) is 0 Å². The lowest BCUT2D eigenvalue weighted by Gasteiger charge is -2.44. The van der Waals surface area contributed by atoms with Gasteiger partial charge in [0.15, 0.2) is 0 Å². The lowest BCUT2D eigenvalue weighted by molar-refractivity contribution is 0.0596. The Morgan fingerprint density at radius 2 is 2.07 bits per heavy atom. The molecule has 0 heterocycles. The number of aliphatic hydroxyl groups is 3. The molecule has 6 atom stereocenters. The highest BCUT2D eigenvalue weighted by Crippen LogP contribution is 2.60. The summed E-state index contributed by atoms with van der Waals surface area (Å²) in [6.45, 7) is 7.86. The summed E-state index contributed by atoms with van der Waals surface area (Å²) in [6.07, 6.45) is 10.5. The Bertz CT molecular complexity index is 776. The molecule has 0 aromatic heterocycles. The van der Waals surface area contributed by atoms with Gasteiger partial charge in [0.1, 0.15) is 0 Å². The number of aliphatic hydroxyl groups excluding tert-OH is 2. The van der Waals surface area contributed by atoms with Crippen LogP contribution in [0.5, 0.6) is 0 Å². The van der Waals surface area contributed by atoms with E-state index in [1.165, 1.54) is 5.57 Å². The van der Waals surface area contributed by atoms with E-state index in [9.17, 15) is 15.3 Å². The Morgan fingerprint density at radius 3 is 2.77 bits per heavy atom. The molecule has 0 saturated heterocycles. The second-order valence-electron chi connectivity index (χ2n) is 10.9. The Balaban J connectivity index is 1.85.